The van der Waals surface area contributed by atoms with Crippen molar-refractivity contribution in [3.05, 3.63) is 64.0 Å². The van der Waals surface area contributed by atoms with E-state index in [0.29, 0.717) is 15.9 Å². The fourth-order valence-corrected chi connectivity index (χ4v) is 2.07. The summed E-state index contributed by atoms with van der Waals surface area (Å²) < 4.78 is 0. The van der Waals surface area contributed by atoms with Crippen LogP contribution in [0.4, 0.5) is 0 Å². The van der Waals surface area contributed by atoms with E-state index in [4.69, 9.17) is 11.6 Å². The molecule has 0 saturated carbocycles. The number of hydrogen-bond acceptors (Lipinski definition) is 2. The van der Waals surface area contributed by atoms with Gasteiger partial charge in [-0.3, -0.25) is 4.79 Å². The predicted octanol–water partition coefficient (Wildman–Crippen LogP) is 3.24. The summed E-state index contributed by atoms with van der Waals surface area (Å²) in [4.78, 5) is 18.7. The molecule has 88 valence electrons. The molecular weight excluding hydrogens is 248 g/mol. The fraction of sp³-hybridized carbons (Fsp3) is 0. The van der Waals surface area contributed by atoms with Gasteiger partial charge in [0, 0.05) is 16.8 Å². The Kier molecular flexibility index (Phi) is 2.61. The number of aromatic amines is 1. The third-order valence-corrected chi connectivity index (χ3v) is 2.98. The molecule has 0 fully saturated rings. The molecule has 0 aliphatic rings. The average Bonchev–Trinajstić information content (AvgIpc) is 2.39. The molecule has 2 heterocycles. The summed E-state index contributed by atoms with van der Waals surface area (Å²) >= 11 is 5.96. The van der Waals surface area contributed by atoms with Crippen molar-refractivity contribution >= 4 is 22.5 Å². The van der Waals surface area contributed by atoms with Crippen molar-refractivity contribution in [2.45, 2.75) is 0 Å². The number of hydrogen-bond donors (Lipinski definition) is 1. The second kappa shape index (κ2) is 4.27. The number of nitrogens with zero attached hydrogens (tertiary/aromatic N) is 1. The standard InChI is InChI=1S/C14H9ClN2O/c15-10-3-1-2-9(8-10)12-5-4-11-13(17-12)6-7-16-14(11)18/h1-8H,(H,16,18). The lowest BCUT2D eigenvalue weighted by atomic mass is 10.1. The van der Waals surface area contributed by atoms with E-state index in [2.05, 4.69) is 9.97 Å². The maximum Gasteiger partial charge on any atom is 0.257 e. The smallest absolute Gasteiger partial charge is 0.257 e. The minimum atomic E-state index is -0.127. The van der Waals surface area contributed by atoms with Gasteiger partial charge < -0.3 is 4.98 Å². The number of pyridine rings is 2. The molecule has 0 spiro atoms. The molecule has 4 heteroatoms. The van der Waals surface area contributed by atoms with Crippen LogP contribution in [0.3, 0.4) is 0 Å². The van der Waals surface area contributed by atoms with Crippen LogP contribution in [0, 0.1) is 0 Å². The third kappa shape index (κ3) is 1.89. The molecule has 0 amide bonds. The van der Waals surface area contributed by atoms with Gasteiger partial charge in [0.15, 0.2) is 0 Å². The predicted molar refractivity (Wildman–Crippen MR) is 72.8 cm³/mol. The largest absolute Gasteiger partial charge is 0.328 e. The molecule has 0 radical (unpaired) electrons. The van der Waals surface area contributed by atoms with Gasteiger partial charge in [0.05, 0.1) is 16.6 Å². The maximum absolute atomic E-state index is 11.6. The minimum absolute atomic E-state index is 0.127. The molecule has 18 heavy (non-hydrogen) atoms. The van der Waals surface area contributed by atoms with Gasteiger partial charge in [0.2, 0.25) is 0 Å². The number of nitrogens with one attached hydrogen (secondary N) is 1. The zero-order valence-corrected chi connectivity index (χ0v) is 10.1. The van der Waals surface area contributed by atoms with Gasteiger partial charge in [-0.2, -0.15) is 0 Å². The van der Waals surface area contributed by atoms with Crippen LogP contribution >= 0.6 is 11.6 Å². The lowest BCUT2D eigenvalue weighted by Crippen LogP contribution is -2.05. The van der Waals surface area contributed by atoms with Crippen molar-refractivity contribution in [1.29, 1.82) is 0 Å². The van der Waals surface area contributed by atoms with E-state index in [0.717, 1.165) is 11.3 Å². The molecule has 1 N–H and O–H groups in total. The molecule has 0 atom stereocenters. The summed E-state index contributed by atoms with van der Waals surface area (Å²) in [5, 5.41) is 1.25. The number of fused-ring (bicyclic) bond motifs is 1. The molecule has 3 rings (SSSR count). The summed E-state index contributed by atoms with van der Waals surface area (Å²) in [5.41, 5.74) is 2.29. The van der Waals surface area contributed by atoms with Crippen LogP contribution in [0.2, 0.25) is 5.02 Å². The SMILES string of the molecule is O=c1[nH]ccc2nc(-c3cccc(Cl)c3)ccc12. The highest BCUT2D eigenvalue weighted by molar-refractivity contribution is 6.30. The monoisotopic (exact) mass is 256 g/mol. The molecule has 0 unspecified atom stereocenters. The molecule has 0 bridgehead atoms. The number of aromatic nitrogens is 2. The van der Waals surface area contributed by atoms with Crippen LogP contribution in [0.5, 0.6) is 0 Å². The van der Waals surface area contributed by atoms with Crippen LogP contribution in [0.1, 0.15) is 0 Å². The fourth-order valence-electron chi connectivity index (χ4n) is 1.88. The van der Waals surface area contributed by atoms with Crippen LogP contribution in [-0.4, -0.2) is 9.97 Å². The van der Waals surface area contributed by atoms with Crippen LogP contribution in [0.25, 0.3) is 22.2 Å². The number of benzene rings is 1. The Morgan fingerprint density at radius 2 is 2.00 bits per heavy atom. The van der Waals surface area contributed by atoms with Crippen LogP contribution in [0.15, 0.2) is 53.5 Å². The number of halogens is 1. The first kappa shape index (κ1) is 11.0. The summed E-state index contributed by atoms with van der Waals surface area (Å²) in [6.45, 7) is 0. The van der Waals surface area contributed by atoms with E-state index < -0.39 is 0 Å². The van der Waals surface area contributed by atoms with Crippen molar-refractivity contribution in [2.24, 2.45) is 0 Å². The number of H-pyrrole nitrogens is 1. The zero-order valence-electron chi connectivity index (χ0n) is 9.35. The van der Waals surface area contributed by atoms with Gasteiger partial charge in [-0.15, -0.1) is 0 Å². The molecule has 3 aromatic rings. The van der Waals surface area contributed by atoms with E-state index in [-0.39, 0.29) is 5.56 Å². The Hall–Kier alpha value is -2.13. The van der Waals surface area contributed by atoms with E-state index in [1.807, 2.05) is 30.3 Å². The van der Waals surface area contributed by atoms with Crippen LogP contribution < -0.4 is 5.56 Å². The van der Waals surface area contributed by atoms with Crippen molar-refractivity contribution in [2.75, 3.05) is 0 Å². The van der Waals surface area contributed by atoms with E-state index in [1.54, 1.807) is 18.3 Å². The van der Waals surface area contributed by atoms with E-state index in [9.17, 15) is 4.79 Å². The summed E-state index contributed by atoms with van der Waals surface area (Å²) in [5.74, 6) is 0. The molecule has 2 aromatic heterocycles. The normalized spacial score (nSPS) is 10.7. The van der Waals surface area contributed by atoms with Gasteiger partial charge in [0.1, 0.15) is 0 Å². The zero-order chi connectivity index (χ0) is 12.5. The van der Waals surface area contributed by atoms with Crippen LogP contribution in [-0.2, 0) is 0 Å². The Labute approximate surface area is 108 Å². The molecule has 0 saturated heterocycles. The Balaban J connectivity index is 2.23. The van der Waals surface area contributed by atoms with Gasteiger partial charge in [-0.25, -0.2) is 4.98 Å². The first-order valence-corrected chi connectivity index (χ1v) is 5.86. The molecule has 0 aliphatic heterocycles. The van der Waals surface area contributed by atoms with Crippen molar-refractivity contribution in [1.82, 2.24) is 9.97 Å². The topological polar surface area (TPSA) is 45.8 Å². The third-order valence-electron chi connectivity index (χ3n) is 2.75. The number of rotatable bonds is 1. The highest BCUT2D eigenvalue weighted by atomic mass is 35.5. The molecular formula is C14H9ClN2O. The van der Waals surface area contributed by atoms with Crippen molar-refractivity contribution in [3.8, 4) is 11.3 Å². The lowest BCUT2D eigenvalue weighted by molar-refractivity contribution is 1.26. The van der Waals surface area contributed by atoms with Gasteiger partial charge in [-0.1, -0.05) is 23.7 Å². The van der Waals surface area contributed by atoms with Crippen molar-refractivity contribution in [3.63, 3.8) is 0 Å². The van der Waals surface area contributed by atoms with Gasteiger partial charge >= 0.3 is 0 Å². The average molecular weight is 257 g/mol. The Bertz CT molecular complexity index is 780. The van der Waals surface area contributed by atoms with E-state index >= 15 is 0 Å². The molecule has 0 aliphatic carbocycles. The highest BCUT2D eigenvalue weighted by Gasteiger charge is 2.03. The van der Waals surface area contributed by atoms with Gasteiger partial charge in [-0.05, 0) is 30.3 Å². The Morgan fingerprint density at radius 1 is 1.11 bits per heavy atom. The van der Waals surface area contributed by atoms with Gasteiger partial charge in [0.25, 0.3) is 5.56 Å². The van der Waals surface area contributed by atoms with E-state index in [1.165, 1.54) is 0 Å². The molecule has 3 nitrogen and oxygen atoms in total. The summed E-state index contributed by atoms with van der Waals surface area (Å²) in [6.07, 6.45) is 1.60. The van der Waals surface area contributed by atoms with Crippen molar-refractivity contribution < 1.29 is 0 Å². The second-order valence-corrected chi connectivity index (χ2v) is 4.38. The second-order valence-electron chi connectivity index (χ2n) is 3.95. The lowest BCUT2D eigenvalue weighted by Gasteiger charge is -2.03. The first-order chi connectivity index (χ1) is 8.74. The quantitative estimate of drug-likeness (QED) is 0.726. The first-order valence-electron chi connectivity index (χ1n) is 5.48. The Morgan fingerprint density at radius 3 is 2.83 bits per heavy atom. The highest BCUT2D eigenvalue weighted by Crippen LogP contribution is 2.22. The summed E-state index contributed by atoms with van der Waals surface area (Å²) in [6, 6.07) is 12.9. The minimum Gasteiger partial charge on any atom is -0.328 e. The molecule has 1 aromatic carbocycles. The maximum atomic E-state index is 11.6. The summed E-state index contributed by atoms with van der Waals surface area (Å²) in [7, 11) is 0.